The van der Waals surface area contributed by atoms with E-state index in [4.69, 9.17) is 15.3 Å². The van der Waals surface area contributed by atoms with Gasteiger partial charge in [0.2, 0.25) is 0 Å². The second-order valence-electron chi connectivity index (χ2n) is 0.238. The van der Waals surface area contributed by atoms with E-state index < -0.39 is 5.09 Å². The molecule has 6 heteroatoms. The molecule has 0 unspecified atom stereocenters. The maximum absolute atomic E-state index is 8.36. The topological polar surface area (TPSA) is 63.4 Å². The van der Waals surface area contributed by atoms with E-state index in [1.54, 1.807) is 0 Å². The molecule has 4 nitrogen and oxygen atoms in total. The normalized spacial score (nSPS) is 4.00. The zero-order valence-corrected chi connectivity index (χ0v) is 5.94. The Labute approximate surface area is 63.8 Å². The van der Waals surface area contributed by atoms with Crippen LogP contribution in [0.2, 0.25) is 0 Å². The second kappa shape index (κ2) is 9.09. The average molecular weight is 123 g/mol. The Morgan fingerprint density at radius 3 is 1.83 bits per heavy atom. The van der Waals surface area contributed by atoms with Crippen LogP contribution in [0, 0.1) is 10.1 Å². The first-order chi connectivity index (χ1) is 1.73. The summed E-state index contributed by atoms with van der Waals surface area (Å²) in [5.74, 6) is 0. The van der Waals surface area contributed by atoms with Crippen LogP contribution in [-0.4, -0.2) is 10.3 Å². The van der Waals surface area contributed by atoms with Crippen LogP contribution in [0.5, 0.6) is 0 Å². The molecule has 0 saturated carbocycles. The Kier molecular flexibility index (Phi) is 24.3. The Bertz CT molecular complexity index is 37.9. The van der Waals surface area contributed by atoms with E-state index in [1.807, 2.05) is 0 Å². The third-order valence-electron chi connectivity index (χ3n) is 0. The van der Waals surface area contributed by atoms with Crippen LogP contribution in [-0.2, 0) is 0 Å². The molecule has 0 atom stereocenters. The first-order valence-electron chi connectivity index (χ1n) is 0.565. The molecule has 0 saturated heterocycles. The quantitative estimate of drug-likeness (QED) is 0.215. The molecule has 0 aromatic carbocycles. The van der Waals surface area contributed by atoms with Gasteiger partial charge in [0.15, 0.2) is 0 Å². The van der Waals surface area contributed by atoms with Gasteiger partial charge in [-0.15, -0.1) is 22.5 Å². The number of hydrogen-bond acceptors (Lipinski definition) is 2. The van der Waals surface area contributed by atoms with Crippen LogP contribution in [0.4, 0.5) is 0 Å². The third kappa shape index (κ3) is 228. The molecule has 0 heterocycles. The van der Waals surface area contributed by atoms with Crippen LogP contribution in [0.25, 0.3) is 0 Å². The van der Waals surface area contributed by atoms with Gasteiger partial charge in [0.05, 0.1) is 0 Å². The van der Waals surface area contributed by atoms with Gasteiger partial charge in [0.25, 0.3) is 5.09 Å². The molecule has 0 aromatic heterocycles. The van der Waals surface area contributed by atoms with E-state index in [1.165, 1.54) is 0 Å². The van der Waals surface area contributed by atoms with Gasteiger partial charge in [-0.2, -0.15) is 0 Å². The minimum Gasteiger partial charge on any atom is -1.00 e. The minimum absolute atomic E-state index is 0. The standard InChI is InChI=1S/ClH.HNO3.Na.H/c;2-1(3)4;;/h1H;(H,2,3,4);;/q;;+1;-1. The van der Waals surface area contributed by atoms with Gasteiger partial charge >= 0.3 is 29.6 Å². The van der Waals surface area contributed by atoms with Crippen molar-refractivity contribution in [2.75, 3.05) is 0 Å². The second-order valence-corrected chi connectivity index (χ2v) is 0.238. The molecular weight excluding hydrogens is 120 g/mol. The van der Waals surface area contributed by atoms with Crippen molar-refractivity contribution >= 4 is 12.4 Å². The molecule has 0 amide bonds. The van der Waals surface area contributed by atoms with E-state index in [-0.39, 0.29) is 43.4 Å². The molecular formula is H3ClNNaO3. The molecule has 0 fully saturated rings. The van der Waals surface area contributed by atoms with Crippen LogP contribution < -0.4 is 29.6 Å². The fourth-order valence-corrected chi connectivity index (χ4v) is 0. The van der Waals surface area contributed by atoms with Crippen molar-refractivity contribution in [1.82, 2.24) is 0 Å². The molecule has 0 rings (SSSR count). The van der Waals surface area contributed by atoms with Gasteiger partial charge < -0.3 is 6.63 Å². The Morgan fingerprint density at radius 2 is 1.83 bits per heavy atom. The summed E-state index contributed by atoms with van der Waals surface area (Å²) >= 11 is 0. The van der Waals surface area contributed by atoms with Gasteiger partial charge in [-0.3, -0.25) is 0 Å². The Morgan fingerprint density at radius 1 is 1.83 bits per heavy atom. The number of halogens is 1. The average Bonchev–Trinajstić information content (AvgIpc) is 0.811. The van der Waals surface area contributed by atoms with Gasteiger partial charge in [-0.1, -0.05) is 0 Å². The number of hydrogen-bond donors (Lipinski definition) is 1. The maximum Gasteiger partial charge on any atom is 1.00 e. The van der Waals surface area contributed by atoms with E-state index in [0.29, 0.717) is 0 Å². The number of nitrogens with zero attached hydrogens (tertiary/aromatic N) is 1. The van der Waals surface area contributed by atoms with Crippen molar-refractivity contribution in [3.8, 4) is 0 Å². The summed E-state index contributed by atoms with van der Waals surface area (Å²) in [5.41, 5.74) is 0. The van der Waals surface area contributed by atoms with Crippen molar-refractivity contribution in [3.05, 3.63) is 10.1 Å². The van der Waals surface area contributed by atoms with Gasteiger partial charge in [-0.05, 0) is 0 Å². The Hall–Kier alpha value is 0.490. The SMILES string of the molecule is Cl.O=[N+]([O-])O.[H-].[Na+]. The monoisotopic (exact) mass is 123 g/mol. The van der Waals surface area contributed by atoms with Crippen LogP contribution in [0.1, 0.15) is 1.43 Å². The smallest absolute Gasteiger partial charge is 1.00 e. The minimum atomic E-state index is -1.50. The van der Waals surface area contributed by atoms with Gasteiger partial charge in [0, 0.05) is 0 Å². The molecule has 0 bridgehead atoms. The predicted molar refractivity (Wildman–Crippen MR) is 17.1 cm³/mol. The van der Waals surface area contributed by atoms with E-state index >= 15 is 0 Å². The summed E-state index contributed by atoms with van der Waals surface area (Å²) in [5, 5.41) is 13.6. The summed E-state index contributed by atoms with van der Waals surface area (Å²) < 4.78 is 0. The van der Waals surface area contributed by atoms with Crippen LogP contribution in [0.3, 0.4) is 0 Å². The first-order valence-corrected chi connectivity index (χ1v) is 0.565. The van der Waals surface area contributed by atoms with Crippen molar-refractivity contribution < 1.29 is 41.3 Å². The zero-order chi connectivity index (χ0) is 3.58. The molecule has 0 aliphatic rings. The molecule has 0 aromatic rings. The first kappa shape index (κ1) is 16.1. The largest absolute Gasteiger partial charge is 1.00 e. The molecule has 0 aliphatic carbocycles. The number of rotatable bonds is 0. The van der Waals surface area contributed by atoms with Gasteiger partial charge in [-0.25, -0.2) is 0 Å². The third-order valence-corrected chi connectivity index (χ3v) is 0. The molecule has 1 N–H and O–H groups in total. The molecule has 0 aliphatic heterocycles. The molecule has 0 radical (unpaired) electrons. The van der Waals surface area contributed by atoms with E-state index in [2.05, 4.69) is 0 Å². The van der Waals surface area contributed by atoms with Crippen molar-refractivity contribution in [2.45, 2.75) is 0 Å². The summed E-state index contributed by atoms with van der Waals surface area (Å²) in [4.78, 5) is 8.36. The van der Waals surface area contributed by atoms with Crippen molar-refractivity contribution in [2.24, 2.45) is 0 Å². The molecule has 0 spiro atoms. The van der Waals surface area contributed by atoms with E-state index in [0.717, 1.165) is 0 Å². The van der Waals surface area contributed by atoms with E-state index in [9.17, 15) is 0 Å². The maximum atomic E-state index is 8.36. The Balaban J connectivity index is -0.0000000150. The summed E-state index contributed by atoms with van der Waals surface area (Å²) in [6, 6.07) is 0. The predicted octanol–water partition coefficient (Wildman–Crippen LogP) is -2.81. The fourth-order valence-electron chi connectivity index (χ4n) is 0. The van der Waals surface area contributed by atoms with Crippen LogP contribution in [0.15, 0.2) is 0 Å². The molecule has 6 heavy (non-hydrogen) atoms. The summed E-state index contributed by atoms with van der Waals surface area (Å²) in [6.07, 6.45) is 0. The summed E-state index contributed by atoms with van der Waals surface area (Å²) in [6.45, 7) is 0. The fraction of sp³-hybridized carbons (Fsp3) is 0. The molecule has 34 valence electrons. The zero-order valence-electron chi connectivity index (χ0n) is 4.12. The van der Waals surface area contributed by atoms with Crippen LogP contribution >= 0.6 is 12.4 Å². The summed E-state index contributed by atoms with van der Waals surface area (Å²) in [7, 11) is 0. The van der Waals surface area contributed by atoms with Gasteiger partial charge in [0.1, 0.15) is 0 Å². The van der Waals surface area contributed by atoms with Crippen molar-refractivity contribution in [3.63, 3.8) is 0 Å². The van der Waals surface area contributed by atoms with Crippen molar-refractivity contribution in [1.29, 1.82) is 0 Å².